The standard InChI is InChI=1S/C10H11F3N2O3/c1-5-2-6(4-14)15-7(3-8(16)17)9(5)18-10(11,12)13/h2H,3-4,14H2,1H3,(H,16,17). The molecular weight excluding hydrogens is 253 g/mol. The van der Waals surface area contributed by atoms with Gasteiger partial charge in [-0.3, -0.25) is 9.78 Å². The summed E-state index contributed by atoms with van der Waals surface area (Å²) in [7, 11) is 0. The van der Waals surface area contributed by atoms with E-state index < -0.39 is 24.5 Å². The highest BCUT2D eigenvalue weighted by atomic mass is 19.4. The van der Waals surface area contributed by atoms with E-state index in [1.807, 2.05) is 0 Å². The lowest BCUT2D eigenvalue weighted by atomic mass is 10.1. The summed E-state index contributed by atoms with van der Waals surface area (Å²) in [6.45, 7) is 1.37. The fourth-order valence-corrected chi connectivity index (χ4v) is 1.42. The monoisotopic (exact) mass is 264 g/mol. The minimum atomic E-state index is -4.90. The number of ether oxygens (including phenoxy) is 1. The zero-order valence-electron chi connectivity index (χ0n) is 9.41. The number of nitrogens with two attached hydrogens (primary N) is 1. The number of rotatable bonds is 4. The van der Waals surface area contributed by atoms with Crippen molar-refractivity contribution in [2.75, 3.05) is 0 Å². The van der Waals surface area contributed by atoms with Gasteiger partial charge in [0, 0.05) is 6.54 Å². The maximum Gasteiger partial charge on any atom is 0.573 e. The molecule has 1 aromatic heterocycles. The Morgan fingerprint density at radius 2 is 2.17 bits per heavy atom. The lowest BCUT2D eigenvalue weighted by Crippen LogP contribution is -2.20. The van der Waals surface area contributed by atoms with Crippen molar-refractivity contribution >= 4 is 5.97 Å². The molecule has 0 spiro atoms. The summed E-state index contributed by atoms with van der Waals surface area (Å²) in [6.07, 6.45) is -5.57. The molecule has 1 rings (SSSR count). The Balaban J connectivity index is 3.24. The molecule has 5 nitrogen and oxygen atoms in total. The molecule has 3 N–H and O–H groups in total. The number of halogens is 3. The van der Waals surface area contributed by atoms with E-state index >= 15 is 0 Å². The van der Waals surface area contributed by atoms with Crippen LogP contribution < -0.4 is 10.5 Å². The summed E-state index contributed by atoms with van der Waals surface area (Å²) >= 11 is 0. The summed E-state index contributed by atoms with van der Waals surface area (Å²) in [4.78, 5) is 14.3. The molecule has 0 saturated carbocycles. The molecule has 0 aliphatic carbocycles. The largest absolute Gasteiger partial charge is 0.573 e. The molecule has 18 heavy (non-hydrogen) atoms. The average molecular weight is 264 g/mol. The summed E-state index contributed by atoms with van der Waals surface area (Å²) in [5.41, 5.74) is 5.47. The lowest BCUT2D eigenvalue weighted by Gasteiger charge is -2.15. The Bertz CT molecular complexity index is 460. The van der Waals surface area contributed by atoms with Crippen LogP contribution in [0.5, 0.6) is 5.75 Å². The molecule has 0 fully saturated rings. The van der Waals surface area contributed by atoms with Crippen molar-refractivity contribution in [1.29, 1.82) is 0 Å². The molecule has 0 bridgehead atoms. The maximum atomic E-state index is 12.2. The minimum Gasteiger partial charge on any atom is -0.481 e. The molecule has 0 unspecified atom stereocenters. The Kier molecular flexibility index (Phi) is 4.12. The molecule has 0 amide bonds. The average Bonchev–Trinajstić information content (AvgIpc) is 2.20. The molecule has 8 heteroatoms. The Morgan fingerprint density at radius 1 is 1.56 bits per heavy atom. The van der Waals surface area contributed by atoms with Crippen molar-refractivity contribution in [2.24, 2.45) is 5.73 Å². The van der Waals surface area contributed by atoms with Crippen LogP contribution in [0.3, 0.4) is 0 Å². The Morgan fingerprint density at radius 3 is 2.61 bits per heavy atom. The van der Waals surface area contributed by atoms with Gasteiger partial charge in [0.25, 0.3) is 0 Å². The van der Waals surface area contributed by atoms with Crippen LogP contribution in [0.4, 0.5) is 13.2 Å². The minimum absolute atomic E-state index is 0.000241. The second-order valence-corrected chi connectivity index (χ2v) is 3.53. The van der Waals surface area contributed by atoms with Gasteiger partial charge in [-0.05, 0) is 18.6 Å². The molecule has 100 valence electrons. The van der Waals surface area contributed by atoms with Crippen molar-refractivity contribution < 1.29 is 27.8 Å². The van der Waals surface area contributed by atoms with Crippen molar-refractivity contribution in [2.45, 2.75) is 26.3 Å². The Hall–Kier alpha value is -1.83. The normalized spacial score (nSPS) is 11.4. The van der Waals surface area contributed by atoms with Gasteiger partial charge < -0.3 is 15.6 Å². The van der Waals surface area contributed by atoms with Crippen molar-refractivity contribution in [3.05, 3.63) is 23.0 Å². The molecule has 1 heterocycles. The van der Waals surface area contributed by atoms with E-state index in [-0.39, 0.29) is 17.8 Å². The number of carboxylic acid groups (broad SMARTS) is 1. The molecular formula is C10H11F3N2O3. The first-order valence-electron chi connectivity index (χ1n) is 4.90. The van der Waals surface area contributed by atoms with Crippen LogP contribution in [-0.2, 0) is 17.8 Å². The van der Waals surface area contributed by atoms with Gasteiger partial charge in [0.2, 0.25) is 0 Å². The highest BCUT2D eigenvalue weighted by Crippen LogP contribution is 2.29. The van der Waals surface area contributed by atoms with Crippen LogP contribution in [0.25, 0.3) is 0 Å². The SMILES string of the molecule is Cc1cc(CN)nc(CC(=O)O)c1OC(F)(F)F. The van der Waals surface area contributed by atoms with Crippen LogP contribution in [0, 0.1) is 6.92 Å². The molecule has 0 aliphatic heterocycles. The van der Waals surface area contributed by atoms with Crippen LogP contribution >= 0.6 is 0 Å². The highest BCUT2D eigenvalue weighted by molar-refractivity contribution is 5.70. The number of hydrogen-bond donors (Lipinski definition) is 2. The van der Waals surface area contributed by atoms with Gasteiger partial charge >= 0.3 is 12.3 Å². The first-order chi connectivity index (χ1) is 8.23. The highest BCUT2D eigenvalue weighted by Gasteiger charge is 2.33. The van der Waals surface area contributed by atoms with Crippen molar-refractivity contribution in [3.8, 4) is 5.75 Å². The van der Waals surface area contributed by atoms with Crippen LogP contribution in [0.1, 0.15) is 17.0 Å². The number of hydrogen-bond acceptors (Lipinski definition) is 4. The molecule has 0 saturated heterocycles. The lowest BCUT2D eigenvalue weighted by molar-refractivity contribution is -0.275. The number of alkyl halides is 3. The zero-order valence-corrected chi connectivity index (χ0v) is 9.41. The Labute approximate surface area is 100 Å². The third kappa shape index (κ3) is 3.88. The van der Waals surface area contributed by atoms with Gasteiger partial charge in [-0.2, -0.15) is 0 Å². The van der Waals surface area contributed by atoms with Crippen LogP contribution in [0.15, 0.2) is 6.07 Å². The third-order valence-electron chi connectivity index (χ3n) is 2.03. The quantitative estimate of drug-likeness (QED) is 0.857. The molecule has 0 aliphatic rings. The summed E-state index contributed by atoms with van der Waals surface area (Å²) in [5, 5.41) is 8.64. The van der Waals surface area contributed by atoms with Gasteiger partial charge in [0.1, 0.15) is 0 Å². The van der Waals surface area contributed by atoms with Gasteiger partial charge in [-0.1, -0.05) is 0 Å². The smallest absolute Gasteiger partial charge is 0.481 e. The predicted molar refractivity (Wildman–Crippen MR) is 54.9 cm³/mol. The van der Waals surface area contributed by atoms with E-state index in [1.54, 1.807) is 0 Å². The number of pyridine rings is 1. The molecule has 0 radical (unpaired) electrons. The van der Waals surface area contributed by atoms with Crippen LogP contribution in [-0.4, -0.2) is 22.4 Å². The fraction of sp³-hybridized carbons (Fsp3) is 0.400. The third-order valence-corrected chi connectivity index (χ3v) is 2.03. The zero-order chi connectivity index (χ0) is 13.9. The second-order valence-electron chi connectivity index (χ2n) is 3.53. The van der Waals surface area contributed by atoms with Crippen LogP contribution in [0.2, 0.25) is 0 Å². The molecule has 0 aromatic carbocycles. The molecule has 0 atom stereocenters. The number of aryl methyl sites for hydroxylation is 1. The van der Waals surface area contributed by atoms with E-state index in [4.69, 9.17) is 10.8 Å². The van der Waals surface area contributed by atoms with Gasteiger partial charge in [0.05, 0.1) is 17.8 Å². The number of aromatic nitrogens is 1. The topological polar surface area (TPSA) is 85.4 Å². The summed E-state index contributed by atoms with van der Waals surface area (Å²) in [6, 6.07) is 1.33. The number of aliphatic carboxylic acids is 1. The van der Waals surface area contributed by atoms with E-state index in [9.17, 15) is 18.0 Å². The molecule has 1 aromatic rings. The van der Waals surface area contributed by atoms with Crippen molar-refractivity contribution in [3.63, 3.8) is 0 Å². The van der Waals surface area contributed by atoms with Gasteiger partial charge in [0.15, 0.2) is 5.75 Å². The van der Waals surface area contributed by atoms with E-state index in [1.165, 1.54) is 13.0 Å². The fourth-order valence-electron chi connectivity index (χ4n) is 1.42. The number of carboxylic acids is 1. The first-order valence-corrected chi connectivity index (χ1v) is 4.90. The first kappa shape index (κ1) is 14.2. The predicted octanol–water partition coefficient (Wildman–Crippen LogP) is 1.37. The summed E-state index contributed by atoms with van der Waals surface area (Å²) in [5.74, 6) is -1.88. The second kappa shape index (κ2) is 5.21. The van der Waals surface area contributed by atoms with E-state index in [0.29, 0.717) is 5.69 Å². The maximum absolute atomic E-state index is 12.2. The van der Waals surface area contributed by atoms with Crippen molar-refractivity contribution in [1.82, 2.24) is 4.98 Å². The van der Waals surface area contributed by atoms with E-state index in [0.717, 1.165) is 0 Å². The number of nitrogens with zero attached hydrogens (tertiary/aromatic N) is 1. The van der Waals surface area contributed by atoms with E-state index in [2.05, 4.69) is 9.72 Å². The van der Waals surface area contributed by atoms with Gasteiger partial charge in [-0.15, -0.1) is 13.2 Å². The number of carbonyl (C=O) groups is 1. The summed E-state index contributed by atoms with van der Waals surface area (Å²) < 4.78 is 40.4. The van der Waals surface area contributed by atoms with Gasteiger partial charge in [-0.25, -0.2) is 0 Å².